The third-order valence-electron chi connectivity index (χ3n) is 1.04. The third kappa shape index (κ3) is 2.45. The normalized spacial score (nSPS) is 10.1. The Morgan fingerprint density at radius 1 is 1.58 bits per heavy atom. The SMILES string of the molecule is C/C=C/C(=O)Nc1nccnn1. The van der Waals surface area contributed by atoms with E-state index in [1.54, 1.807) is 13.0 Å². The van der Waals surface area contributed by atoms with Crippen molar-refractivity contribution in [3.8, 4) is 0 Å². The molecule has 0 bridgehead atoms. The van der Waals surface area contributed by atoms with E-state index in [9.17, 15) is 4.79 Å². The summed E-state index contributed by atoms with van der Waals surface area (Å²) in [7, 11) is 0. The second-order valence-corrected chi connectivity index (χ2v) is 1.96. The summed E-state index contributed by atoms with van der Waals surface area (Å²) in [5.74, 6) is -0.0499. The lowest BCUT2D eigenvalue weighted by molar-refractivity contribution is -0.112. The van der Waals surface area contributed by atoms with E-state index in [0.29, 0.717) is 0 Å². The molecule has 0 saturated carbocycles. The van der Waals surface area contributed by atoms with Crippen molar-refractivity contribution in [1.29, 1.82) is 0 Å². The highest BCUT2D eigenvalue weighted by Gasteiger charge is 1.97. The summed E-state index contributed by atoms with van der Waals surface area (Å²) in [6.07, 6.45) is 5.91. The van der Waals surface area contributed by atoms with Gasteiger partial charge in [0.05, 0.1) is 12.4 Å². The van der Waals surface area contributed by atoms with Gasteiger partial charge in [-0.15, -0.1) is 5.10 Å². The quantitative estimate of drug-likeness (QED) is 0.642. The van der Waals surface area contributed by atoms with Crippen molar-refractivity contribution in [2.24, 2.45) is 0 Å². The van der Waals surface area contributed by atoms with Crippen LogP contribution in [0.2, 0.25) is 0 Å². The van der Waals surface area contributed by atoms with E-state index in [-0.39, 0.29) is 11.9 Å². The highest BCUT2D eigenvalue weighted by Crippen LogP contribution is 1.91. The summed E-state index contributed by atoms with van der Waals surface area (Å²) in [5.41, 5.74) is 0. The Morgan fingerprint density at radius 2 is 2.42 bits per heavy atom. The summed E-state index contributed by atoms with van der Waals surface area (Å²) in [6.45, 7) is 1.75. The summed E-state index contributed by atoms with van der Waals surface area (Å²) in [6, 6.07) is 0. The molecule has 12 heavy (non-hydrogen) atoms. The van der Waals surface area contributed by atoms with Crippen molar-refractivity contribution < 1.29 is 4.79 Å². The van der Waals surface area contributed by atoms with E-state index in [2.05, 4.69) is 20.5 Å². The first kappa shape index (κ1) is 8.32. The summed E-state index contributed by atoms with van der Waals surface area (Å²) in [5, 5.41) is 9.55. The van der Waals surface area contributed by atoms with Gasteiger partial charge in [-0.2, -0.15) is 5.10 Å². The fourth-order valence-corrected chi connectivity index (χ4v) is 0.608. The number of nitrogens with zero attached hydrogens (tertiary/aromatic N) is 3. The summed E-state index contributed by atoms with van der Waals surface area (Å²) in [4.78, 5) is 14.7. The average molecular weight is 164 g/mol. The van der Waals surface area contributed by atoms with Crippen LogP contribution < -0.4 is 5.32 Å². The Balaban J connectivity index is 2.59. The zero-order valence-electron chi connectivity index (χ0n) is 6.56. The molecule has 0 saturated heterocycles. The van der Waals surface area contributed by atoms with Crippen molar-refractivity contribution in [1.82, 2.24) is 15.2 Å². The van der Waals surface area contributed by atoms with E-state index in [1.807, 2.05) is 0 Å². The number of aromatic nitrogens is 3. The second kappa shape index (κ2) is 4.17. The number of rotatable bonds is 2. The molecule has 5 heteroatoms. The maximum absolute atomic E-state index is 10.9. The van der Waals surface area contributed by atoms with Gasteiger partial charge >= 0.3 is 0 Å². The molecule has 0 aliphatic heterocycles. The van der Waals surface area contributed by atoms with Crippen LogP contribution in [0.25, 0.3) is 0 Å². The average Bonchev–Trinajstić information content (AvgIpc) is 2.06. The van der Waals surface area contributed by atoms with Crippen LogP contribution in [0.5, 0.6) is 0 Å². The Kier molecular flexibility index (Phi) is 2.89. The zero-order valence-corrected chi connectivity index (χ0v) is 6.56. The Bertz CT molecular complexity index is 283. The number of hydrogen-bond acceptors (Lipinski definition) is 4. The monoisotopic (exact) mass is 164 g/mol. The van der Waals surface area contributed by atoms with Crippen molar-refractivity contribution in [3.63, 3.8) is 0 Å². The van der Waals surface area contributed by atoms with Crippen molar-refractivity contribution in [2.75, 3.05) is 5.32 Å². The van der Waals surface area contributed by atoms with Crippen LogP contribution in [-0.4, -0.2) is 21.1 Å². The highest BCUT2D eigenvalue weighted by atomic mass is 16.1. The zero-order chi connectivity index (χ0) is 8.81. The minimum Gasteiger partial charge on any atom is -0.290 e. The van der Waals surface area contributed by atoms with Gasteiger partial charge in [0, 0.05) is 0 Å². The van der Waals surface area contributed by atoms with E-state index < -0.39 is 0 Å². The number of nitrogens with one attached hydrogen (secondary N) is 1. The van der Waals surface area contributed by atoms with Gasteiger partial charge in [-0.3, -0.25) is 10.1 Å². The van der Waals surface area contributed by atoms with E-state index in [0.717, 1.165) is 0 Å². The maximum atomic E-state index is 10.9. The molecule has 0 aliphatic carbocycles. The van der Waals surface area contributed by atoms with Gasteiger partial charge in [0.1, 0.15) is 0 Å². The lowest BCUT2D eigenvalue weighted by Gasteiger charge is -1.95. The van der Waals surface area contributed by atoms with E-state index >= 15 is 0 Å². The molecule has 5 nitrogen and oxygen atoms in total. The van der Waals surface area contributed by atoms with Gasteiger partial charge < -0.3 is 0 Å². The molecule has 0 fully saturated rings. The first-order chi connectivity index (χ1) is 5.83. The van der Waals surface area contributed by atoms with Crippen LogP contribution in [0.1, 0.15) is 6.92 Å². The van der Waals surface area contributed by atoms with Crippen LogP contribution in [0.3, 0.4) is 0 Å². The molecule has 1 heterocycles. The Hall–Kier alpha value is -1.78. The topological polar surface area (TPSA) is 67.8 Å². The minimum atomic E-state index is -0.259. The second-order valence-electron chi connectivity index (χ2n) is 1.96. The number of allylic oxidation sites excluding steroid dienone is 1. The fraction of sp³-hybridized carbons (Fsp3) is 0.143. The first-order valence-electron chi connectivity index (χ1n) is 3.40. The first-order valence-corrected chi connectivity index (χ1v) is 3.40. The van der Waals surface area contributed by atoms with Crippen LogP contribution >= 0.6 is 0 Å². The van der Waals surface area contributed by atoms with Gasteiger partial charge in [-0.25, -0.2) is 4.98 Å². The number of amides is 1. The molecule has 1 rings (SSSR count). The van der Waals surface area contributed by atoms with Gasteiger partial charge in [0.25, 0.3) is 0 Å². The van der Waals surface area contributed by atoms with Gasteiger partial charge in [0.2, 0.25) is 11.9 Å². The van der Waals surface area contributed by atoms with Crippen LogP contribution in [-0.2, 0) is 4.79 Å². The van der Waals surface area contributed by atoms with E-state index in [1.165, 1.54) is 18.5 Å². The largest absolute Gasteiger partial charge is 0.290 e. The van der Waals surface area contributed by atoms with Gasteiger partial charge in [-0.1, -0.05) is 6.08 Å². The summed E-state index contributed by atoms with van der Waals surface area (Å²) >= 11 is 0. The molecular formula is C7H8N4O. The van der Waals surface area contributed by atoms with Gasteiger partial charge in [0.15, 0.2) is 0 Å². The standard InChI is InChI=1S/C7H8N4O/c1-2-3-6(12)10-7-8-4-5-9-11-7/h2-5H,1H3,(H,8,10,11,12)/b3-2+. The molecule has 0 spiro atoms. The molecule has 0 aliphatic rings. The molecule has 1 aromatic heterocycles. The maximum Gasteiger partial charge on any atom is 0.250 e. The smallest absolute Gasteiger partial charge is 0.250 e. The molecule has 62 valence electrons. The molecular weight excluding hydrogens is 156 g/mol. The highest BCUT2D eigenvalue weighted by molar-refractivity contribution is 5.97. The molecule has 0 atom stereocenters. The van der Waals surface area contributed by atoms with Crippen LogP contribution in [0.4, 0.5) is 5.95 Å². The molecule has 1 aromatic rings. The third-order valence-corrected chi connectivity index (χ3v) is 1.04. The fourth-order valence-electron chi connectivity index (χ4n) is 0.608. The van der Waals surface area contributed by atoms with Gasteiger partial charge in [-0.05, 0) is 13.0 Å². The number of anilines is 1. The molecule has 0 unspecified atom stereocenters. The molecule has 0 aromatic carbocycles. The minimum absolute atomic E-state index is 0.209. The Morgan fingerprint density at radius 3 is 3.00 bits per heavy atom. The summed E-state index contributed by atoms with van der Waals surface area (Å²) < 4.78 is 0. The lowest BCUT2D eigenvalue weighted by Crippen LogP contribution is -2.10. The number of carbonyl (C=O) groups excluding carboxylic acids is 1. The molecule has 0 radical (unpaired) electrons. The number of hydrogen-bond donors (Lipinski definition) is 1. The van der Waals surface area contributed by atoms with Crippen LogP contribution in [0, 0.1) is 0 Å². The predicted molar refractivity (Wildman–Crippen MR) is 43.3 cm³/mol. The Labute approximate surface area is 69.5 Å². The van der Waals surface area contributed by atoms with E-state index in [4.69, 9.17) is 0 Å². The van der Waals surface area contributed by atoms with Crippen molar-refractivity contribution in [2.45, 2.75) is 6.92 Å². The van der Waals surface area contributed by atoms with Crippen molar-refractivity contribution >= 4 is 11.9 Å². The lowest BCUT2D eigenvalue weighted by atomic mass is 10.5. The molecule has 1 amide bonds. The predicted octanol–water partition coefficient (Wildman–Crippen LogP) is 0.386. The van der Waals surface area contributed by atoms with Crippen LogP contribution in [0.15, 0.2) is 24.5 Å². The van der Waals surface area contributed by atoms with Crippen molar-refractivity contribution in [3.05, 3.63) is 24.5 Å². The number of carbonyl (C=O) groups is 1. The molecule has 1 N–H and O–H groups in total.